The lowest BCUT2D eigenvalue weighted by molar-refractivity contribution is 0.261. The quantitative estimate of drug-likeness (QED) is 0.149. The molecule has 280 valence electrons. The first-order valence-corrected chi connectivity index (χ1v) is 17.8. The molecule has 0 saturated carbocycles. The lowest BCUT2D eigenvalue weighted by atomic mass is 9.79. The largest absolute Gasteiger partial charge is 0.508 e. The van der Waals surface area contributed by atoms with E-state index in [0.29, 0.717) is 56.1 Å². The van der Waals surface area contributed by atoms with Crippen LogP contribution in [-0.2, 0) is 20.6 Å². The van der Waals surface area contributed by atoms with Gasteiger partial charge in [-0.25, -0.2) is 23.7 Å². The molecule has 2 spiro atoms. The van der Waals surface area contributed by atoms with Crippen molar-refractivity contribution in [1.82, 2.24) is 15.2 Å². The van der Waals surface area contributed by atoms with E-state index >= 15 is 4.39 Å². The number of nitrogens with two attached hydrogens (primary N) is 2. The predicted molar refractivity (Wildman–Crippen MR) is 201 cm³/mol. The van der Waals surface area contributed by atoms with E-state index in [0.717, 1.165) is 16.2 Å². The van der Waals surface area contributed by atoms with Crippen LogP contribution in [0.25, 0.3) is 22.4 Å². The third kappa shape index (κ3) is 5.63. The first-order chi connectivity index (χ1) is 26.9. The number of aromatic hydroxyl groups is 1. The van der Waals surface area contributed by atoms with Gasteiger partial charge in [0, 0.05) is 50.1 Å². The van der Waals surface area contributed by atoms with Gasteiger partial charge in [-0.1, -0.05) is 22.0 Å². The number of aliphatic imine (C=N–C) groups is 2. The highest BCUT2D eigenvalue weighted by molar-refractivity contribution is 9.10. The number of rotatable bonds is 2. The maximum Gasteiger partial charge on any atom is 0.283 e. The number of hydrogen-bond donors (Lipinski definition) is 3. The summed E-state index contributed by atoms with van der Waals surface area (Å²) in [6.07, 6.45) is 1.38. The highest BCUT2D eigenvalue weighted by Gasteiger charge is 2.49. The third-order valence-corrected chi connectivity index (χ3v) is 10.3. The van der Waals surface area contributed by atoms with Gasteiger partial charge >= 0.3 is 0 Å². The summed E-state index contributed by atoms with van der Waals surface area (Å²) in [4.78, 5) is 12.7. The Kier molecular flexibility index (Phi) is 8.12. The molecule has 0 radical (unpaired) electrons. The zero-order valence-electron chi connectivity index (χ0n) is 29.1. The number of amidine groups is 2. The lowest BCUT2D eigenvalue weighted by Crippen LogP contribution is -2.31. The van der Waals surface area contributed by atoms with E-state index < -0.39 is 28.7 Å². The number of aromatic nitrogens is 3. The molecule has 4 aromatic carbocycles. The van der Waals surface area contributed by atoms with E-state index in [1.165, 1.54) is 18.3 Å². The van der Waals surface area contributed by atoms with Crippen LogP contribution in [0.5, 0.6) is 28.7 Å². The van der Waals surface area contributed by atoms with Gasteiger partial charge in [0.25, 0.3) is 12.0 Å². The molecule has 0 bridgehead atoms. The summed E-state index contributed by atoms with van der Waals surface area (Å²) in [6, 6.07) is 22.8. The number of nitrogens with zero attached hydrogens (tertiary/aromatic N) is 5. The molecule has 0 saturated heterocycles. The Morgan fingerprint density at radius 2 is 1.32 bits per heavy atom. The molecule has 56 heavy (non-hydrogen) atoms. The van der Waals surface area contributed by atoms with Gasteiger partial charge in [-0.3, -0.25) is 0 Å². The molecular formula is C40H27BrF3N7O5. The number of aryl methyl sites for hydroxylation is 1. The van der Waals surface area contributed by atoms with Crippen molar-refractivity contribution in [3.8, 4) is 51.1 Å². The lowest BCUT2D eigenvalue weighted by Gasteiger charge is -2.34. The van der Waals surface area contributed by atoms with Crippen molar-refractivity contribution in [2.24, 2.45) is 21.5 Å². The summed E-state index contributed by atoms with van der Waals surface area (Å²) in [7, 11) is 0. The van der Waals surface area contributed by atoms with Crippen LogP contribution in [-0.4, -0.2) is 45.5 Å². The summed E-state index contributed by atoms with van der Waals surface area (Å²) >= 11 is 3.41. The number of phenols is 1. The van der Waals surface area contributed by atoms with Crippen molar-refractivity contribution in [2.75, 3.05) is 13.2 Å². The number of halogens is 4. The molecule has 6 heterocycles. The van der Waals surface area contributed by atoms with E-state index in [9.17, 15) is 13.9 Å². The van der Waals surface area contributed by atoms with Crippen LogP contribution in [0.4, 0.5) is 13.2 Å². The summed E-state index contributed by atoms with van der Waals surface area (Å²) < 4.78 is 67.4. The van der Waals surface area contributed by atoms with Crippen LogP contribution in [0, 0.1) is 24.5 Å². The Hall–Kier alpha value is -6.68. The molecule has 2 aromatic heterocycles. The predicted octanol–water partition coefficient (Wildman–Crippen LogP) is 7.47. The van der Waals surface area contributed by atoms with Crippen LogP contribution in [0.3, 0.4) is 0 Å². The minimum Gasteiger partial charge on any atom is -0.508 e. The Labute approximate surface area is 324 Å². The van der Waals surface area contributed by atoms with E-state index in [1.807, 2.05) is 13.0 Å². The maximum atomic E-state index is 15.4. The van der Waals surface area contributed by atoms with Gasteiger partial charge < -0.3 is 35.5 Å². The van der Waals surface area contributed by atoms with Crippen molar-refractivity contribution in [3.63, 3.8) is 0 Å². The highest BCUT2D eigenvalue weighted by Crippen LogP contribution is 2.54. The topological polar surface area (TPSA) is 173 Å². The van der Waals surface area contributed by atoms with Gasteiger partial charge in [-0.15, -0.1) is 0 Å². The summed E-state index contributed by atoms with van der Waals surface area (Å²) in [6.45, 7) is 1.96. The first kappa shape index (κ1) is 35.0. The Morgan fingerprint density at radius 3 is 1.95 bits per heavy atom. The molecule has 2 atom stereocenters. The van der Waals surface area contributed by atoms with Crippen molar-refractivity contribution >= 4 is 28.0 Å². The van der Waals surface area contributed by atoms with Gasteiger partial charge in [0.15, 0.2) is 34.2 Å². The van der Waals surface area contributed by atoms with E-state index in [1.54, 1.807) is 60.7 Å². The third-order valence-electron chi connectivity index (χ3n) is 9.82. The van der Waals surface area contributed by atoms with Gasteiger partial charge in [0.2, 0.25) is 5.95 Å². The number of pyridine rings is 1. The minimum absolute atomic E-state index is 0.0162. The molecule has 16 heteroatoms. The molecule has 0 fully saturated rings. The van der Waals surface area contributed by atoms with E-state index in [-0.39, 0.29) is 42.5 Å². The molecule has 0 aliphatic carbocycles. The van der Waals surface area contributed by atoms with Crippen LogP contribution >= 0.6 is 15.9 Å². The van der Waals surface area contributed by atoms with Crippen LogP contribution in [0.2, 0.25) is 0 Å². The molecule has 10 rings (SSSR count). The highest BCUT2D eigenvalue weighted by atomic mass is 79.9. The summed E-state index contributed by atoms with van der Waals surface area (Å²) in [5.41, 5.74) is 14.1. The normalized spacial score (nSPS) is 19.4. The van der Waals surface area contributed by atoms with E-state index in [4.69, 9.17) is 30.4 Å². The van der Waals surface area contributed by atoms with Crippen LogP contribution in [0.15, 0.2) is 106 Å². The molecule has 5 N–H and O–H groups in total. The number of hydrogen-bond acceptors (Lipinski definition) is 12. The summed E-state index contributed by atoms with van der Waals surface area (Å²) in [5, 5.41) is 18.0. The van der Waals surface area contributed by atoms with Crippen molar-refractivity contribution in [2.45, 2.75) is 18.0 Å². The van der Waals surface area contributed by atoms with Crippen LogP contribution in [0.1, 0.15) is 27.9 Å². The maximum absolute atomic E-state index is 15.4. The standard InChI is InChI=1S/C25H17F2N5O2.C15H10BrFN2O3/c1-13-4-6-20(32-31-13)15-10-18-22(19(26)11-15)34-21-7-5-14(16-3-2-8-29-23(16)27)9-17(21)25(18)12-33-24(28)30-25;16-7-1-2-12-9(3-7)15(6-21-14(18)19-15)10-4-8(20)5-11(17)13(10)22-12/h2-11H,12H2,1H3,(H2,28,30);1-5,20H,6H2,(H2,18,19)/t25-;15-/m00/s1. The fraction of sp³-hybridized carbons (Fsp3) is 0.125. The van der Waals surface area contributed by atoms with Gasteiger partial charge in [-0.05, 0) is 85.3 Å². The second-order valence-corrected chi connectivity index (χ2v) is 14.2. The first-order valence-electron chi connectivity index (χ1n) is 17.0. The zero-order valence-corrected chi connectivity index (χ0v) is 30.6. The fourth-order valence-electron chi connectivity index (χ4n) is 7.24. The SMILES string of the molecule is Cc1ccc(-c2cc(F)c3c(c2)[C@]2(COC(N)=N2)c2cc(-c4cccnc4F)ccc2O3)nn1.NC1=N[C@@]2(CO1)c1cc(Br)ccc1Oc1c(F)cc(O)cc12. The molecule has 0 unspecified atom stereocenters. The molecule has 4 aliphatic heterocycles. The number of benzene rings is 4. The number of phenolic OH excluding ortho intramolecular Hbond substituents is 1. The Bertz CT molecular complexity index is 2680. The molecule has 12 nitrogen and oxygen atoms in total. The van der Waals surface area contributed by atoms with Gasteiger partial charge in [-0.2, -0.15) is 14.6 Å². The smallest absolute Gasteiger partial charge is 0.283 e. The molecule has 0 amide bonds. The van der Waals surface area contributed by atoms with Crippen molar-refractivity contribution < 1.29 is 37.2 Å². The molecule has 6 aromatic rings. The van der Waals surface area contributed by atoms with Gasteiger partial charge in [0.05, 0.1) is 11.4 Å². The second kappa shape index (κ2) is 13.0. The second-order valence-electron chi connectivity index (χ2n) is 13.3. The van der Waals surface area contributed by atoms with Crippen molar-refractivity contribution in [1.29, 1.82) is 0 Å². The molecule has 4 aliphatic rings. The monoisotopic (exact) mass is 821 g/mol. The fourth-order valence-corrected chi connectivity index (χ4v) is 7.61. The van der Waals surface area contributed by atoms with Gasteiger partial charge in [0.1, 0.15) is 30.5 Å². The minimum atomic E-state index is -1.18. The average Bonchev–Trinajstić information content (AvgIpc) is 3.77. The average molecular weight is 823 g/mol. The zero-order chi connectivity index (χ0) is 38.9. The number of fused-ring (bicyclic) bond motifs is 8. The van der Waals surface area contributed by atoms with E-state index in [2.05, 4.69) is 41.1 Å². The van der Waals surface area contributed by atoms with Crippen molar-refractivity contribution in [3.05, 3.63) is 141 Å². The van der Waals surface area contributed by atoms with Crippen LogP contribution < -0.4 is 20.9 Å². The Morgan fingerprint density at radius 1 is 0.696 bits per heavy atom. The molecular weight excluding hydrogens is 795 g/mol. The summed E-state index contributed by atoms with van der Waals surface area (Å²) in [5.74, 6) is -1.16. The number of ether oxygens (including phenoxy) is 4. The Balaban J connectivity index is 0.000000161.